The summed E-state index contributed by atoms with van der Waals surface area (Å²) < 4.78 is 1.63. The number of anilines is 1. The summed E-state index contributed by atoms with van der Waals surface area (Å²) in [5.74, 6) is 0.743. The molecule has 0 fully saturated rings. The van der Waals surface area contributed by atoms with Crippen LogP contribution in [-0.2, 0) is 0 Å². The summed E-state index contributed by atoms with van der Waals surface area (Å²) in [6.07, 6.45) is 0. The molecule has 0 atom stereocenters. The Morgan fingerprint density at radius 3 is 2.64 bits per heavy atom. The molecule has 2 heterocycles. The number of tetrazole rings is 1. The maximum Gasteiger partial charge on any atom is 0.188 e. The molecule has 0 spiro atoms. The molecule has 4 rings (SSSR count). The molecule has 2 aromatic carbocycles. The van der Waals surface area contributed by atoms with E-state index in [0.29, 0.717) is 17.9 Å². The van der Waals surface area contributed by atoms with Gasteiger partial charge in [0, 0.05) is 17.8 Å². The van der Waals surface area contributed by atoms with Gasteiger partial charge in [-0.1, -0.05) is 30.3 Å². The number of benzene rings is 2. The fourth-order valence-corrected chi connectivity index (χ4v) is 2.58. The van der Waals surface area contributed by atoms with Crippen molar-refractivity contribution >= 4 is 17.0 Å². The fourth-order valence-electron chi connectivity index (χ4n) is 2.58. The number of aromatic nitrogens is 4. The molecule has 0 unspecified atom stereocenters. The highest BCUT2D eigenvalue weighted by Gasteiger charge is 2.23. The average Bonchev–Trinajstić information content (AvgIpc) is 3.06. The highest BCUT2D eigenvalue weighted by molar-refractivity contribution is 5.93. The van der Waals surface area contributed by atoms with Crippen LogP contribution in [0.5, 0.6) is 0 Å². The van der Waals surface area contributed by atoms with E-state index in [1.807, 2.05) is 54.6 Å². The summed E-state index contributed by atoms with van der Waals surface area (Å²) >= 11 is 0. The highest BCUT2D eigenvalue weighted by atomic mass is 16.3. The SMILES string of the molecule is OC1=C(c2nnnn2-c2ccccc2)CNc2ccccc21. The van der Waals surface area contributed by atoms with E-state index in [2.05, 4.69) is 20.8 Å². The summed E-state index contributed by atoms with van der Waals surface area (Å²) in [6, 6.07) is 17.2. The smallest absolute Gasteiger partial charge is 0.188 e. The minimum atomic E-state index is 0.210. The Morgan fingerprint density at radius 2 is 1.77 bits per heavy atom. The van der Waals surface area contributed by atoms with Crippen molar-refractivity contribution in [1.82, 2.24) is 20.2 Å². The van der Waals surface area contributed by atoms with Crippen molar-refractivity contribution in [1.29, 1.82) is 0 Å². The Labute approximate surface area is 126 Å². The van der Waals surface area contributed by atoms with Gasteiger partial charge in [0.05, 0.1) is 11.3 Å². The van der Waals surface area contributed by atoms with Crippen LogP contribution in [0.2, 0.25) is 0 Å². The number of nitrogens with zero attached hydrogens (tertiary/aromatic N) is 4. The van der Waals surface area contributed by atoms with Crippen molar-refractivity contribution in [3.63, 3.8) is 0 Å². The lowest BCUT2D eigenvalue weighted by atomic mass is 10.0. The predicted molar refractivity (Wildman–Crippen MR) is 83.5 cm³/mol. The second kappa shape index (κ2) is 5.00. The van der Waals surface area contributed by atoms with Crippen molar-refractivity contribution in [3.8, 4) is 5.69 Å². The van der Waals surface area contributed by atoms with Crippen molar-refractivity contribution < 1.29 is 5.11 Å². The van der Waals surface area contributed by atoms with Gasteiger partial charge >= 0.3 is 0 Å². The normalized spacial score (nSPS) is 13.6. The van der Waals surface area contributed by atoms with Crippen molar-refractivity contribution in [3.05, 3.63) is 66.0 Å². The van der Waals surface area contributed by atoms with Crippen LogP contribution in [-0.4, -0.2) is 31.9 Å². The third-order valence-electron chi connectivity index (χ3n) is 3.66. The van der Waals surface area contributed by atoms with Gasteiger partial charge in [0.15, 0.2) is 5.82 Å². The van der Waals surface area contributed by atoms with E-state index in [-0.39, 0.29) is 5.76 Å². The Balaban J connectivity index is 1.86. The molecule has 0 amide bonds. The first-order chi connectivity index (χ1) is 10.8. The number of fused-ring (bicyclic) bond motifs is 1. The Hall–Kier alpha value is -3.15. The second-order valence-electron chi connectivity index (χ2n) is 4.98. The Kier molecular flexibility index (Phi) is 2.86. The molecule has 6 heteroatoms. The zero-order chi connectivity index (χ0) is 14.9. The van der Waals surface area contributed by atoms with Gasteiger partial charge < -0.3 is 10.4 Å². The van der Waals surface area contributed by atoms with Crippen LogP contribution in [0, 0.1) is 0 Å². The molecule has 2 N–H and O–H groups in total. The van der Waals surface area contributed by atoms with Crippen molar-refractivity contribution in [2.75, 3.05) is 11.9 Å². The lowest BCUT2D eigenvalue weighted by Gasteiger charge is -2.20. The molecule has 0 saturated heterocycles. The molecule has 22 heavy (non-hydrogen) atoms. The quantitative estimate of drug-likeness (QED) is 0.758. The maximum absolute atomic E-state index is 10.6. The Morgan fingerprint density at radius 1 is 1.00 bits per heavy atom. The van der Waals surface area contributed by atoms with Crippen molar-refractivity contribution in [2.45, 2.75) is 0 Å². The fraction of sp³-hybridized carbons (Fsp3) is 0.0625. The second-order valence-corrected chi connectivity index (χ2v) is 4.98. The van der Waals surface area contributed by atoms with Crippen molar-refractivity contribution in [2.24, 2.45) is 0 Å². The highest BCUT2D eigenvalue weighted by Crippen LogP contribution is 2.33. The van der Waals surface area contributed by atoms with Crippen LogP contribution in [0.4, 0.5) is 5.69 Å². The molecule has 0 aliphatic carbocycles. The number of rotatable bonds is 2. The van der Waals surface area contributed by atoms with Gasteiger partial charge in [-0.15, -0.1) is 5.10 Å². The third kappa shape index (κ3) is 1.93. The van der Waals surface area contributed by atoms with E-state index in [4.69, 9.17) is 0 Å². The number of hydrogen-bond acceptors (Lipinski definition) is 5. The molecule has 0 radical (unpaired) electrons. The standard InChI is InChI=1S/C16H13N5O/c22-15-12-8-4-5-9-14(12)17-10-13(15)16-18-19-20-21(16)11-6-2-1-3-7-11/h1-9,17,22H,10H2. The number of hydrogen-bond donors (Lipinski definition) is 2. The summed E-state index contributed by atoms with van der Waals surface area (Å²) in [4.78, 5) is 0. The minimum absolute atomic E-state index is 0.210. The lowest BCUT2D eigenvalue weighted by Crippen LogP contribution is -2.16. The third-order valence-corrected chi connectivity index (χ3v) is 3.66. The number of aliphatic hydroxyl groups excluding tert-OH is 1. The van der Waals surface area contributed by atoms with Gasteiger partial charge in [0.1, 0.15) is 5.76 Å². The molecule has 108 valence electrons. The summed E-state index contributed by atoms with van der Waals surface area (Å²) in [7, 11) is 0. The molecule has 1 aliphatic heterocycles. The number of para-hydroxylation sites is 2. The first-order valence-corrected chi connectivity index (χ1v) is 6.94. The first-order valence-electron chi connectivity index (χ1n) is 6.94. The van der Waals surface area contributed by atoms with E-state index in [0.717, 1.165) is 16.9 Å². The molecule has 1 aromatic heterocycles. The minimum Gasteiger partial charge on any atom is -0.507 e. The summed E-state index contributed by atoms with van der Waals surface area (Å²) in [6.45, 7) is 0.468. The molecule has 1 aliphatic rings. The largest absolute Gasteiger partial charge is 0.507 e. The van der Waals surface area contributed by atoms with Gasteiger partial charge in [-0.25, -0.2) is 0 Å². The van der Waals surface area contributed by atoms with E-state index in [1.54, 1.807) is 4.68 Å². The number of aliphatic hydroxyl groups is 1. The monoisotopic (exact) mass is 291 g/mol. The molecule has 0 saturated carbocycles. The van der Waals surface area contributed by atoms with Crippen LogP contribution in [0.25, 0.3) is 17.0 Å². The van der Waals surface area contributed by atoms with Crippen LogP contribution < -0.4 is 5.32 Å². The first kappa shape index (κ1) is 12.6. The van der Waals surface area contributed by atoms with Gasteiger partial charge in [-0.2, -0.15) is 4.68 Å². The zero-order valence-electron chi connectivity index (χ0n) is 11.6. The molecule has 3 aromatic rings. The molecular formula is C16H13N5O. The topological polar surface area (TPSA) is 75.9 Å². The van der Waals surface area contributed by atoms with Crippen LogP contribution in [0.3, 0.4) is 0 Å². The van der Waals surface area contributed by atoms with Crippen LogP contribution >= 0.6 is 0 Å². The van der Waals surface area contributed by atoms with E-state index < -0.39 is 0 Å². The summed E-state index contributed by atoms with van der Waals surface area (Å²) in [5.41, 5.74) is 3.18. The lowest BCUT2D eigenvalue weighted by molar-refractivity contribution is 0.511. The van der Waals surface area contributed by atoms with Gasteiger partial charge in [-0.3, -0.25) is 0 Å². The summed E-state index contributed by atoms with van der Waals surface area (Å²) in [5, 5.41) is 25.8. The van der Waals surface area contributed by atoms with E-state index in [9.17, 15) is 5.11 Å². The number of nitrogens with one attached hydrogen (secondary N) is 1. The Bertz CT molecular complexity index is 854. The van der Waals surface area contributed by atoms with Crippen LogP contribution in [0.15, 0.2) is 54.6 Å². The molecular weight excluding hydrogens is 278 g/mol. The van der Waals surface area contributed by atoms with E-state index >= 15 is 0 Å². The van der Waals surface area contributed by atoms with E-state index in [1.165, 1.54) is 0 Å². The molecule has 0 bridgehead atoms. The van der Waals surface area contributed by atoms with Gasteiger partial charge in [0.25, 0.3) is 0 Å². The zero-order valence-corrected chi connectivity index (χ0v) is 11.6. The predicted octanol–water partition coefficient (Wildman–Crippen LogP) is 2.51. The average molecular weight is 291 g/mol. The van der Waals surface area contributed by atoms with Crippen LogP contribution in [0.1, 0.15) is 11.4 Å². The molecule has 6 nitrogen and oxygen atoms in total. The van der Waals surface area contributed by atoms with Gasteiger partial charge in [0.2, 0.25) is 0 Å². The maximum atomic E-state index is 10.6. The van der Waals surface area contributed by atoms with Gasteiger partial charge in [-0.05, 0) is 34.7 Å².